The van der Waals surface area contributed by atoms with Crippen molar-refractivity contribution in [2.24, 2.45) is 11.8 Å². The minimum Gasteiger partial charge on any atom is -0.0775 e. The molecular weight excluding hydrogens is 264 g/mol. The number of hydrogen-bond donors (Lipinski definition) is 0. The van der Waals surface area contributed by atoms with Gasteiger partial charge in [0.05, 0.1) is 0 Å². The molecule has 0 radical (unpaired) electrons. The summed E-state index contributed by atoms with van der Waals surface area (Å²) in [5, 5.41) is 0. The third kappa shape index (κ3) is 3.11. The Balaban J connectivity index is 1.84. The number of benzene rings is 1. The van der Waals surface area contributed by atoms with Crippen LogP contribution in [0, 0.1) is 11.8 Å². The minimum atomic E-state index is 0.517. The molecule has 0 aliphatic heterocycles. The summed E-state index contributed by atoms with van der Waals surface area (Å²) in [5.74, 6) is 1.96. The molecule has 2 aliphatic rings. The van der Waals surface area contributed by atoms with Gasteiger partial charge < -0.3 is 0 Å². The summed E-state index contributed by atoms with van der Waals surface area (Å²) < 4.78 is 0. The first-order valence-corrected chi connectivity index (χ1v) is 8.85. The fourth-order valence-corrected chi connectivity index (χ4v) is 4.07. The maximum atomic E-state index is 2.56. The first-order chi connectivity index (χ1) is 10.7. The molecule has 1 aromatic carbocycles. The Kier molecular flexibility index (Phi) is 4.66. The Morgan fingerprint density at radius 1 is 1.14 bits per heavy atom. The van der Waals surface area contributed by atoms with E-state index >= 15 is 0 Å². The standard InChI is InChI=1S/C22H28/c1-4-5-9-18-14-20-12-16(2)13-21(22(20)15-18)17(3)19-10-7-6-8-11-19/h6-8,10-14,17-18,22H,4-5,9,15H2,1-3H3. The normalized spacial score (nSPS) is 25.1. The summed E-state index contributed by atoms with van der Waals surface area (Å²) in [4.78, 5) is 0. The fourth-order valence-electron chi connectivity index (χ4n) is 4.07. The van der Waals surface area contributed by atoms with Gasteiger partial charge in [-0.3, -0.25) is 0 Å². The van der Waals surface area contributed by atoms with Crippen LogP contribution < -0.4 is 0 Å². The van der Waals surface area contributed by atoms with E-state index in [4.69, 9.17) is 0 Å². The number of rotatable bonds is 5. The van der Waals surface area contributed by atoms with Gasteiger partial charge in [-0.15, -0.1) is 0 Å². The van der Waals surface area contributed by atoms with Gasteiger partial charge in [0.25, 0.3) is 0 Å². The largest absolute Gasteiger partial charge is 0.0775 e. The first-order valence-electron chi connectivity index (χ1n) is 8.85. The second-order valence-electron chi connectivity index (χ2n) is 7.02. The van der Waals surface area contributed by atoms with Gasteiger partial charge in [-0.1, -0.05) is 86.4 Å². The van der Waals surface area contributed by atoms with Crippen LogP contribution in [-0.4, -0.2) is 0 Å². The molecule has 22 heavy (non-hydrogen) atoms. The van der Waals surface area contributed by atoms with Gasteiger partial charge in [-0.2, -0.15) is 0 Å². The monoisotopic (exact) mass is 292 g/mol. The molecule has 3 atom stereocenters. The van der Waals surface area contributed by atoms with Crippen LogP contribution in [0.1, 0.15) is 57.9 Å². The van der Waals surface area contributed by atoms with Crippen molar-refractivity contribution in [1.29, 1.82) is 0 Å². The second kappa shape index (κ2) is 6.69. The molecule has 0 aromatic heterocycles. The molecule has 0 N–H and O–H groups in total. The van der Waals surface area contributed by atoms with Crippen LogP contribution in [0.5, 0.6) is 0 Å². The molecule has 0 fully saturated rings. The molecule has 3 rings (SSSR count). The van der Waals surface area contributed by atoms with Crippen molar-refractivity contribution >= 4 is 0 Å². The van der Waals surface area contributed by atoms with Crippen LogP contribution in [0.2, 0.25) is 0 Å². The lowest BCUT2D eigenvalue weighted by molar-refractivity contribution is 0.493. The van der Waals surface area contributed by atoms with E-state index in [0.717, 1.165) is 5.92 Å². The Labute approximate surface area is 135 Å². The third-order valence-corrected chi connectivity index (χ3v) is 5.29. The van der Waals surface area contributed by atoms with Crippen molar-refractivity contribution in [2.45, 2.75) is 52.4 Å². The van der Waals surface area contributed by atoms with Crippen LogP contribution in [0.15, 0.2) is 65.3 Å². The summed E-state index contributed by atoms with van der Waals surface area (Å²) in [6.45, 7) is 6.91. The smallest absolute Gasteiger partial charge is 0.00600 e. The summed E-state index contributed by atoms with van der Waals surface area (Å²) in [6, 6.07) is 11.0. The van der Waals surface area contributed by atoms with E-state index in [2.05, 4.69) is 69.3 Å². The number of hydrogen-bond acceptors (Lipinski definition) is 0. The summed E-state index contributed by atoms with van der Waals surface area (Å²) >= 11 is 0. The summed E-state index contributed by atoms with van der Waals surface area (Å²) in [5.41, 5.74) is 6.06. The predicted molar refractivity (Wildman–Crippen MR) is 95.9 cm³/mol. The van der Waals surface area contributed by atoms with Gasteiger partial charge in [0, 0.05) is 11.8 Å². The number of unbranched alkanes of at least 4 members (excludes halogenated alkanes) is 1. The number of allylic oxidation sites excluding steroid dienone is 6. The fraction of sp³-hybridized carbons (Fsp3) is 0.455. The highest BCUT2D eigenvalue weighted by Gasteiger charge is 2.32. The van der Waals surface area contributed by atoms with Crippen molar-refractivity contribution in [2.75, 3.05) is 0 Å². The van der Waals surface area contributed by atoms with Crippen LogP contribution in [-0.2, 0) is 0 Å². The Hall–Kier alpha value is -1.56. The van der Waals surface area contributed by atoms with E-state index in [1.165, 1.54) is 36.8 Å². The van der Waals surface area contributed by atoms with E-state index in [0.29, 0.717) is 11.8 Å². The average molecular weight is 292 g/mol. The van der Waals surface area contributed by atoms with Crippen molar-refractivity contribution in [3.8, 4) is 0 Å². The van der Waals surface area contributed by atoms with Crippen LogP contribution in [0.4, 0.5) is 0 Å². The van der Waals surface area contributed by atoms with Crippen molar-refractivity contribution < 1.29 is 0 Å². The molecule has 3 unspecified atom stereocenters. The highest BCUT2D eigenvalue weighted by atomic mass is 14.4. The van der Waals surface area contributed by atoms with Crippen molar-refractivity contribution in [3.63, 3.8) is 0 Å². The SMILES string of the molecule is CCCCC1C=C2C=C(C)C=C(C(C)c3ccccc3)C2C1. The van der Waals surface area contributed by atoms with E-state index < -0.39 is 0 Å². The zero-order valence-corrected chi connectivity index (χ0v) is 14.2. The van der Waals surface area contributed by atoms with E-state index in [1.54, 1.807) is 11.1 Å². The third-order valence-electron chi connectivity index (χ3n) is 5.29. The second-order valence-corrected chi connectivity index (χ2v) is 7.02. The van der Waals surface area contributed by atoms with E-state index in [9.17, 15) is 0 Å². The Bertz CT molecular complexity index is 600. The summed E-state index contributed by atoms with van der Waals surface area (Å²) in [6.07, 6.45) is 12.8. The maximum Gasteiger partial charge on any atom is 0.00600 e. The van der Waals surface area contributed by atoms with Gasteiger partial charge >= 0.3 is 0 Å². The van der Waals surface area contributed by atoms with E-state index in [-0.39, 0.29) is 0 Å². The van der Waals surface area contributed by atoms with Crippen LogP contribution in [0.3, 0.4) is 0 Å². The quantitative estimate of drug-likeness (QED) is 0.586. The lowest BCUT2D eigenvalue weighted by Gasteiger charge is -2.28. The Morgan fingerprint density at radius 3 is 2.64 bits per heavy atom. The van der Waals surface area contributed by atoms with Crippen molar-refractivity contribution in [3.05, 3.63) is 70.8 Å². The molecule has 0 saturated carbocycles. The van der Waals surface area contributed by atoms with Gasteiger partial charge in [-0.25, -0.2) is 0 Å². The van der Waals surface area contributed by atoms with Crippen molar-refractivity contribution in [1.82, 2.24) is 0 Å². The van der Waals surface area contributed by atoms with Gasteiger partial charge in [0.2, 0.25) is 0 Å². The minimum absolute atomic E-state index is 0.517. The molecule has 0 heteroatoms. The molecule has 0 saturated heterocycles. The zero-order chi connectivity index (χ0) is 15.5. The Morgan fingerprint density at radius 2 is 1.91 bits per heavy atom. The topological polar surface area (TPSA) is 0 Å². The van der Waals surface area contributed by atoms with Gasteiger partial charge in [0.15, 0.2) is 0 Å². The molecule has 0 nitrogen and oxygen atoms in total. The molecule has 0 spiro atoms. The summed E-state index contributed by atoms with van der Waals surface area (Å²) in [7, 11) is 0. The van der Waals surface area contributed by atoms with Gasteiger partial charge in [-0.05, 0) is 36.8 Å². The molecule has 0 heterocycles. The zero-order valence-electron chi connectivity index (χ0n) is 14.2. The molecule has 0 bridgehead atoms. The molecule has 2 aliphatic carbocycles. The first kappa shape index (κ1) is 15.3. The molecule has 1 aromatic rings. The average Bonchev–Trinajstić information content (AvgIpc) is 2.95. The van der Waals surface area contributed by atoms with Gasteiger partial charge in [0.1, 0.15) is 0 Å². The molecular formula is C22H28. The highest BCUT2D eigenvalue weighted by Crippen LogP contribution is 2.46. The van der Waals surface area contributed by atoms with E-state index in [1.807, 2.05) is 0 Å². The van der Waals surface area contributed by atoms with Crippen LogP contribution >= 0.6 is 0 Å². The maximum absolute atomic E-state index is 2.56. The predicted octanol–water partition coefficient (Wildman–Crippen LogP) is 6.43. The molecule has 0 amide bonds. The lowest BCUT2D eigenvalue weighted by Crippen LogP contribution is -2.13. The highest BCUT2D eigenvalue weighted by molar-refractivity contribution is 5.48. The lowest BCUT2D eigenvalue weighted by atomic mass is 9.77. The van der Waals surface area contributed by atoms with Crippen LogP contribution in [0.25, 0.3) is 0 Å². The molecule has 116 valence electrons. The number of fused-ring (bicyclic) bond motifs is 1.